The van der Waals surface area contributed by atoms with Crippen molar-refractivity contribution in [2.45, 2.75) is 39.7 Å². The minimum atomic E-state index is 0.370. The fourth-order valence-electron chi connectivity index (χ4n) is 1.36. The molecule has 0 radical (unpaired) electrons. The molecular weight excluding hydrogens is 160 g/mol. The molecule has 0 bridgehead atoms. The summed E-state index contributed by atoms with van der Waals surface area (Å²) in [6, 6.07) is 0.370. The van der Waals surface area contributed by atoms with E-state index in [9.17, 15) is 0 Å². The van der Waals surface area contributed by atoms with Gasteiger partial charge >= 0.3 is 0 Å². The number of hydrogen-bond acceptors (Lipinski definition) is 2. The van der Waals surface area contributed by atoms with Gasteiger partial charge in [-0.25, -0.2) is 5.84 Å². The Morgan fingerprint density at radius 1 is 1.54 bits per heavy atom. The summed E-state index contributed by atoms with van der Waals surface area (Å²) < 4.78 is 0. The number of allylic oxidation sites excluding steroid dienone is 1. The third-order valence-corrected chi connectivity index (χ3v) is 2.23. The van der Waals surface area contributed by atoms with Gasteiger partial charge < -0.3 is 5.01 Å². The Morgan fingerprint density at radius 3 is 2.38 bits per heavy atom. The molecular formula is C11H22N2. The summed E-state index contributed by atoms with van der Waals surface area (Å²) in [5.41, 5.74) is 1.21. The van der Waals surface area contributed by atoms with Gasteiger partial charge in [-0.3, -0.25) is 0 Å². The first-order valence-electron chi connectivity index (χ1n) is 4.79. The van der Waals surface area contributed by atoms with E-state index in [2.05, 4.69) is 27.0 Å². The average Bonchev–Trinajstić information content (AvgIpc) is 2.03. The van der Waals surface area contributed by atoms with Crippen molar-refractivity contribution in [2.24, 2.45) is 11.8 Å². The normalized spacial score (nSPS) is 12.7. The Labute approximate surface area is 82.1 Å². The molecule has 13 heavy (non-hydrogen) atoms. The molecule has 2 heteroatoms. The smallest absolute Gasteiger partial charge is 0.0471 e. The average molecular weight is 182 g/mol. The van der Waals surface area contributed by atoms with Crippen molar-refractivity contribution < 1.29 is 0 Å². The highest BCUT2D eigenvalue weighted by Gasteiger charge is 2.15. The van der Waals surface area contributed by atoms with Crippen LogP contribution in [0.3, 0.4) is 0 Å². The Hall–Kier alpha value is -0.760. The third kappa shape index (κ3) is 4.73. The predicted octanol–water partition coefficient (Wildman–Crippen LogP) is 2.69. The molecule has 0 aliphatic rings. The van der Waals surface area contributed by atoms with Crippen molar-refractivity contribution in [1.82, 2.24) is 5.01 Å². The molecule has 1 unspecified atom stereocenters. The van der Waals surface area contributed by atoms with E-state index in [0.29, 0.717) is 12.0 Å². The van der Waals surface area contributed by atoms with Crippen LogP contribution in [0.1, 0.15) is 33.6 Å². The first kappa shape index (κ1) is 12.2. The van der Waals surface area contributed by atoms with E-state index < -0.39 is 0 Å². The van der Waals surface area contributed by atoms with E-state index in [4.69, 9.17) is 5.84 Å². The molecule has 0 aromatic carbocycles. The monoisotopic (exact) mass is 182 g/mol. The van der Waals surface area contributed by atoms with Crippen molar-refractivity contribution in [1.29, 1.82) is 0 Å². The molecule has 1 atom stereocenters. The molecule has 0 aliphatic heterocycles. The van der Waals surface area contributed by atoms with Gasteiger partial charge in [-0.1, -0.05) is 26.0 Å². The molecule has 0 amide bonds. The summed E-state index contributed by atoms with van der Waals surface area (Å²) in [6.07, 6.45) is 3.77. The lowest BCUT2D eigenvalue weighted by Gasteiger charge is -2.29. The number of nitrogens with two attached hydrogens (primary N) is 1. The highest BCUT2D eigenvalue weighted by Crippen LogP contribution is 2.16. The van der Waals surface area contributed by atoms with E-state index in [-0.39, 0.29) is 0 Å². The lowest BCUT2D eigenvalue weighted by atomic mass is 9.97. The zero-order valence-electron chi connectivity index (χ0n) is 9.09. The van der Waals surface area contributed by atoms with Crippen LogP contribution in [0.4, 0.5) is 0 Å². The maximum absolute atomic E-state index is 5.79. The quantitative estimate of drug-likeness (QED) is 0.389. The first-order chi connectivity index (χ1) is 5.99. The van der Waals surface area contributed by atoms with Crippen LogP contribution in [0.5, 0.6) is 0 Å². The number of nitrogens with zero attached hydrogens (tertiary/aromatic N) is 1. The van der Waals surface area contributed by atoms with Gasteiger partial charge in [0.05, 0.1) is 0 Å². The highest BCUT2D eigenvalue weighted by atomic mass is 15.4. The second-order valence-corrected chi connectivity index (χ2v) is 3.94. The minimum absolute atomic E-state index is 0.370. The van der Waals surface area contributed by atoms with Crippen LogP contribution in [0, 0.1) is 5.92 Å². The van der Waals surface area contributed by atoms with Crippen LogP contribution in [0.25, 0.3) is 0 Å². The topological polar surface area (TPSA) is 29.3 Å². The van der Waals surface area contributed by atoms with Gasteiger partial charge in [0.2, 0.25) is 0 Å². The van der Waals surface area contributed by atoms with Gasteiger partial charge in [-0.2, -0.15) is 0 Å². The van der Waals surface area contributed by atoms with Crippen LogP contribution in [-0.4, -0.2) is 11.1 Å². The van der Waals surface area contributed by atoms with Gasteiger partial charge in [0.25, 0.3) is 0 Å². The number of hydrogen-bond donors (Lipinski definition) is 1. The molecule has 76 valence electrons. The predicted molar refractivity (Wildman–Crippen MR) is 58.9 cm³/mol. The molecule has 0 aromatic rings. The van der Waals surface area contributed by atoms with Crippen molar-refractivity contribution >= 4 is 0 Å². The summed E-state index contributed by atoms with van der Waals surface area (Å²) in [7, 11) is 0. The Kier molecular flexibility index (Phi) is 5.47. The van der Waals surface area contributed by atoms with Crippen molar-refractivity contribution in [3.05, 3.63) is 24.9 Å². The SMILES string of the molecule is C=CN(N)C(CCC(=C)C)C(C)C. The van der Waals surface area contributed by atoms with Crippen LogP contribution in [-0.2, 0) is 0 Å². The lowest BCUT2D eigenvalue weighted by molar-refractivity contribution is 0.212. The highest BCUT2D eigenvalue weighted by molar-refractivity contribution is 4.90. The third-order valence-electron chi connectivity index (χ3n) is 2.23. The summed E-state index contributed by atoms with van der Waals surface area (Å²) in [6.45, 7) is 13.9. The van der Waals surface area contributed by atoms with Crippen LogP contribution in [0.2, 0.25) is 0 Å². The second kappa shape index (κ2) is 5.81. The molecule has 0 rings (SSSR count). The molecule has 0 aromatic heterocycles. The molecule has 0 heterocycles. The van der Waals surface area contributed by atoms with Gasteiger partial charge in [0.15, 0.2) is 0 Å². The van der Waals surface area contributed by atoms with E-state index in [1.165, 1.54) is 5.57 Å². The maximum Gasteiger partial charge on any atom is 0.0471 e. The number of rotatable bonds is 6. The standard InChI is InChI=1S/C11H22N2/c1-6-13(12)11(10(4)5)8-7-9(2)3/h6,10-11H,1-2,7-8,12H2,3-5H3. The Bertz CT molecular complexity index is 173. The summed E-state index contributed by atoms with van der Waals surface area (Å²) in [5, 5.41) is 1.70. The Balaban J connectivity index is 4.09. The van der Waals surface area contributed by atoms with E-state index in [1.54, 1.807) is 11.2 Å². The molecule has 0 saturated carbocycles. The van der Waals surface area contributed by atoms with E-state index in [0.717, 1.165) is 12.8 Å². The van der Waals surface area contributed by atoms with Crippen molar-refractivity contribution in [3.8, 4) is 0 Å². The zero-order chi connectivity index (χ0) is 10.4. The van der Waals surface area contributed by atoms with Gasteiger partial charge in [0.1, 0.15) is 0 Å². The van der Waals surface area contributed by atoms with Crippen molar-refractivity contribution in [3.63, 3.8) is 0 Å². The summed E-state index contributed by atoms with van der Waals surface area (Å²) in [4.78, 5) is 0. The fraction of sp³-hybridized carbons (Fsp3) is 0.636. The van der Waals surface area contributed by atoms with E-state index >= 15 is 0 Å². The van der Waals surface area contributed by atoms with Gasteiger partial charge in [-0.05, 0) is 25.7 Å². The molecule has 0 saturated heterocycles. The molecule has 0 aliphatic carbocycles. The summed E-state index contributed by atoms with van der Waals surface area (Å²) >= 11 is 0. The van der Waals surface area contributed by atoms with Gasteiger partial charge in [0, 0.05) is 12.2 Å². The largest absolute Gasteiger partial charge is 0.316 e. The maximum atomic E-state index is 5.79. The zero-order valence-corrected chi connectivity index (χ0v) is 9.09. The van der Waals surface area contributed by atoms with Crippen LogP contribution in [0.15, 0.2) is 24.9 Å². The Morgan fingerprint density at radius 2 is 2.08 bits per heavy atom. The van der Waals surface area contributed by atoms with Crippen molar-refractivity contribution in [2.75, 3.05) is 0 Å². The molecule has 0 spiro atoms. The minimum Gasteiger partial charge on any atom is -0.316 e. The number of hydrazine groups is 1. The molecule has 0 fully saturated rings. The molecule has 2 N–H and O–H groups in total. The van der Waals surface area contributed by atoms with Crippen LogP contribution >= 0.6 is 0 Å². The molecule has 2 nitrogen and oxygen atoms in total. The summed E-state index contributed by atoms with van der Waals surface area (Å²) in [5.74, 6) is 6.33. The lowest BCUT2D eigenvalue weighted by Crippen LogP contribution is -2.39. The van der Waals surface area contributed by atoms with E-state index in [1.807, 2.05) is 6.92 Å². The van der Waals surface area contributed by atoms with Gasteiger partial charge in [-0.15, -0.1) is 6.58 Å². The second-order valence-electron chi connectivity index (χ2n) is 3.94. The fourth-order valence-corrected chi connectivity index (χ4v) is 1.36. The first-order valence-corrected chi connectivity index (χ1v) is 4.79. The van der Waals surface area contributed by atoms with Crippen LogP contribution < -0.4 is 5.84 Å².